The number of aryl methyl sites for hydroxylation is 1. The lowest BCUT2D eigenvalue weighted by Gasteiger charge is -2.22. The van der Waals surface area contributed by atoms with Gasteiger partial charge in [0.25, 0.3) is 5.82 Å². The van der Waals surface area contributed by atoms with Crippen LogP contribution in [-0.2, 0) is 17.5 Å². The number of carbonyl (C=O) groups is 1. The summed E-state index contributed by atoms with van der Waals surface area (Å²) in [5.41, 5.74) is -5.00. The molecule has 15 heteroatoms. The number of benzene rings is 1. The zero-order valence-corrected chi connectivity index (χ0v) is 18.1. The third kappa shape index (κ3) is 6.32. The van der Waals surface area contributed by atoms with Crippen molar-refractivity contribution >= 4 is 52.7 Å². The average Bonchev–Trinajstić information content (AvgIpc) is 3.06. The molecule has 0 spiro atoms. The summed E-state index contributed by atoms with van der Waals surface area (Å²) in [6.07, 6.45) is -5.12. The highest BCUT2D eigenvalue weighted by Gasteiger charge is 2.39. The molecule has 1 heterocycles. The number of ether oxygens (including phenoxy) is 1. The fourth-order valence-electron chi connectivity index (χ4n) is 2.35. The Hall–Kier alpha value is -1.86. The molecule has 2 aromatic rings. The zero-order chi connectivity index (χ0) is 23.6. The van der Waals surface area contributed by atoms with E-state index in [0.29, 0.717) is 17.7 Å². The molecule has 31 heavy (non-hydrogen) atoms. The van der Waals surface area contributed by atoms with Gasteiger partial charge < -0.3 is 4.74 Å². The first-order valence-corrected chi connectivity index (χ1v) is 10.0. The van der Waals surface area contributed by atoms with Crippen LogP contribution in [0.25, 0.3) is 0 Å². The molecule has 0 saturated heterocycles. The summed E-state index contributed by atoms with van der Waals surface area (Å²) in [6, 6.07) is 1.74. The van der Waals surface area contributed by atoms with Crippen molar-refractivity contribution < 1.29 is 35.9 Å². The topological polar surface area (TPSA) is 60.2 Å². The molecule has 6 nitrogen and oxygen atoms in total. The third-order valence-corrected chi connectivity index (χ3v) is 5.17. The number of hydrogen-bond acceptors (Lipinski definition) is 5. The van der Waals surface area contributed by atoms with E-state index in [1.165, 1.54) is 0 Å². The third-order valence-electron chi connectivity index (χ3n) is 3.65. The Kier molecular flexibility index (Phi) is 7.98. The Labute approximate surface area is 186 Å². The van der Waals surface area contributed by atoms with Crippen LogP contribution >= 0.6 is 35.0 Å². The normalized spacial score (nSPS) is 12.2. The maximum Gasteiger partial charge on any atom is 0.453 e. The summed E-state index contributed by atoms with van der Waals surface area (Å²) in [5, 5.41) is 2.56. The zero-order valence-electron chi connectivity index (χ0n) is 15.8. The highest BCUT2D eigenvalue weighted by Crippen LogP contribution is 2.45. The predicted octanol–water partition coefficient (Wildman–Crippen LogP) is 6.92. The minimum absolute atomic E-state index is 0.0320. The molecule has 2 rings (SSSR count). The second-order valence-electron chi connectivity index (χ2n) is 5.90. The van der Waals surface area contributed by atoms with Gasteiger partial charge in [0.2, 0.25) is 5.95 Å². The van der Waals surface area contributed by atoms with Gasteiger partial charge in [0.05, 0.1) is 22.8 Å². The minimum atomic E-state index is -4.91. The first-order chi connectivity index (χ1) is 14.3. The van der Waals surface area contributed by atoms with E-state index in [4.69, 9.17) is 23.2 Å². The van der Waals surface area contributed by atoms with Gasteiger partial charge in [-0.15, -0.1) is 5.10 Å². The SMILES string of the molecule is CCCCn1nc(C(F)(F)F)nc1N(C(=O)OC)c1cc(Cl)c(SC(F)(F)F)cc1Cl. The van der Waals surface area contributed by atoms with E-state index >= 15 is 0 Å². The maximum absolute atomic E-state index is 13.2. The second-order valence-corrected chi connectivity index (χ2v) is 7.82. The Bertz CT molecular complexity index is 951. The van der Waals surface area contributed by atoms with Crippen LogP contribution in [0.15, 0.2) is 17.0 Å². The predicted molar refractivity (Wildman–Crippen MR) is 103 cm³/mol. The highest BCUT2D eigenvalue weighted by atomic mass is 35.5. The summed E-state index contributed by atoms with van der Waals surface area (Å²) >= 11 is 11.4. The minimum Gasteiger partial charge on any atom is -0.452 e. The fourth-order valence-corrected chi connectivity index (χ4v) is 3.52. The first-order valence-electron chi connectivity index (χ1n) is 8.43. The number of aromatic nitrogens is 3. The number of anilines is 2. The summed E-state index contributed by atoms with van der Waals surface area (Å²) in [5.74, 6) is -2.10. The summed E-state index contributed by atoms with van der Waals surface area (Å²) in [4.78, 5) is 15.9. The van der Waals surface area contributed by atoms with Crippen LogP contribution in [0.5, 0.6) is 0 Å². The number of amides is 1. The first kappa shape index (κ1) is 25.4. The van der Waals surface area contributed by atoms with Gasteiger partial charge in [0.1, 0.15) is 0 Å². The highest BCUT2D eigenvalue weighted by molar-refractivity contribution is 8.00. The van der Waals surface area contributed by atoms with Crippen LogP contribution in [0.1, 0.15) is 25.6 Å². The lowest BCUT2D eigenvalue weighted by Crippen LogP contribution is -2.29. The molecule has 0 aliphatic rings. The molecule has 0 radical (unpaired) electrons. The van der Waals surface area contributed by atoms with E-state index in [2.05, 4.69) is 14.8 Å². The number of rotatable bonds is 6. The van der Waals surface area contributed by atoms with Crippen LogP contribution in [-0.4, -0.2) is 33.5 Å². The maximum atomic E-state index is 13.2. The average molecular weight is 511 g/mol. The monoisotopic (exact) mass is 510 g/mol. The van der Waals surface area contributed by atoms with Gasteiger partial charge in [-0.2, -0.15) is 31.3 Å². The lowest BCUT2D eigenvalue weighted by atomic mass is 10.3. The summed E-state index contributed by atoms with van der Waals surface area (Å²) < 4.78 is 83.1. The largest absolute Gasteiger partial charge is 0.453 e. The van der Waals surface area contributed by atoms with Crippen LogP contribution in [0, 0.1) is 0 Å². The Morgan fingerprint density at radius 2 is 1.84 bits per heavy atom. The number of unbranched alkanes of at least 4 members (excludes halogenated alkanes) is 1. The molecule has 0 N–H and O–H groups in total. The van der Waals surface area contributed by atoms with Crippen LogP contribution in [0.2, 0.25) is 10.0 Å². The molecule has 1 amide bonds. The Morgan fingerprint density at radius 1 is 1.19 bits per heavy atom. The smallest absolute Gasteiger partial charge is 0.452 e. The van der Waals surface area contributed by atoms with Gasteiger partial charge in [0, 0.05) is 11.4 Å². The van der Waals surface area contributed by atoms with Crippen molar-refractivity contribution in [3.63, 3.8) is 0 Å². The molecule has 1 aromatic heterocycles. The molecule has 1 aromatic carbocycles. The van der Waals surface area contributed by atoms with E-state index in [1.807, 2.05) is 0 Å². The molecule has 0 aliphatic heterocycles. The van der Waals surface area contributed by atoms with Crippen molar-refractivity contribution in [1.82, 2.24) is 14.8 Å². The molecule has 0 aliphatic carbocycles. The summed E-state index contributed by atoms with van der Waals surface area (Å²) in [6.45, 7) is 1.75. The van der Waals surface area contributed by atoms with Crippen molar-refractivity contribution in [3.05, 3.63) is 28.0 Å². The molecular formula is C16H14Cl2F6N4O2S. The van der Waals surface area contributed by atoms with E-state index < -0.39 is 56.3 Å². The van der Waals surface area contributed by atoms with Gasteiger partial charge >= 0.3 is 17.8 Å². The van der Waals surface area contributed by atoms with Gasteiger partial charge in [-0.3, -0.25) is 0 Å². The van der Waals surface area contributed by atoms with Crippen molar-refractivity contribution in [2.45, 2.75) is 42.9 Å². The molecule has 0 atom stereocenters. The molecule has 0 unspecified atom stereocenters. The lowest BCUT2D eigenvalue weighted by molar-refractivity contribution is -0.145. The van der Waals surface area contributed by atoms with Crippen molar-refractivity contribution in [2.24, 2.45) is 0 Å². The number of nitrogens with zero attached hydrogens (tertiary/aromatic N) is 4. The summed E-state index contributed by atoms with van der Waals surface area (Å²) in [7, 11) is 0.955. The van der Waals surface area contributed by atoms with E-state index in [-0.39, 0.29) is 12.2 Å². The quantitative estimate of drug-likeness (QED) is 0.311. The van der Waals surface area contributed by atoms with E-state index in [0.717, 1.165) is 23.9 Å². The van der Waals surface area contributed by atoms with Gasteiger partial charge in [0.15, 0.2) is 0 Å². The number of thioether (sulfide) groups is 1. The molecule has 0 saturated carbocycles. The number of methoxy groups -OCH3 is 1. The molecular weight excluding hydrogens is 497 g/mol. The molecule has 0 bridgehead atoms. The second kappa shape index (κ2) is 9.74. The van der Waals surface area contributed by atoms with E-state index in [1.54, 1.807) is 6.92 Å². The number of alkyl halides is 6. The van der Waals surface area contributed by atoms with Crippen LogP contribution in [0.3, 0.4) is 0 Å². The van der Waals surface area contributed by atoms with Crippen molar-refractivity contribution in [1.29, 1.82) is 0 Å². The Morgan fingerprint density at radius 3 is 2.35 bits per heavy atom. The van der Waals surface area contributed by atoms with Gasteiger partial charge in [-0.1, -0.05) is 36.5 Å². The Balaban J connectivity index is 2.66. The van der Waals surface area contributed by atoms with Gasteiger partial charge in [-0.25, -0.2) is 14.4 Å². The fraction of sp³-hybridized carbons (Fsp3) is 0.438. The van der Waals surface area contributed by atoms with Crippen LogP contribution in [0.4, 0.5) is 42.8 Å². The number of halogens is 8. The number of carbonyl (C=O) groups excluding carboxylic acids is 1. The molecule has 172 valence electrons. The standard InChI is InChI=1S/C16H14Cl2F6N4O2S/c1-3-4-5-27-13(25-12(26-27)15(19,20)21)28(14(29)30-2)10-6-9(18)11(7-8(10)17)31-16(22,23)24/h6-7H,3-5H2,1-2H3. The number of hydrogen-bond donors (Lipinski definition) is 0. The van der Waals surface area contributed by atoms with E-state index in [9.17, 15) is 31.1 Å². The van der Waals surface area contributed by atoms with Crippen molar-refractivity contribution in [2.75, 3.05) is 12.0 Å². The van der Waals surface area contributed by atoms with Crippen molar-refractivity contribution in [3.8, 4) is 0 Å². The van der Waals surface area contributed by atoms with Crippen LogP contribution < -0.4 is 4.90 Å². The molecule has 0 fully saturated rings. The van der Waals surface area contributed by atoms with Gasteiger partial charge in [-0.05, 0) is 30.3 Å².